The van der Waals surface area contributed by atoms with Crippen molar-refractivity contribution in [1.82, 2.24) is 10.3 Å². The number of nitrogens with zero attached hydrogens (tertiary/aromatic N) is 1. The van der Waals surface area contributed by atoms with Crippen LogP contribution in [0.5, 0.6) is 0 Å². The Hall–Kier alpha value is -1.36. The predicted octanol–water partition coefficient (Wildman–Crippen LogP) is 1.86. The van der Waals surface area contributed by atoms with Crippen molar-refractivity contribution in [3.05, 3.63) is 17.8 Å². The third-order valence-corrected chi connectivity index (χ3v) is 2.30. The number of rotatable bonds is 4. The molecule has 1 aromatic rings. The van der Waals surface area contributed by atoms with Crippen LogP contribution in [0.4, 0.5) is 0 Å². The average molecular weight is 239 g/mol. The summed E-state index contributed by atoms with van der Waals surface area (Å²) >= 11 is 0. The molecule has 1 rings (SSSR count). The van der Waals surface area contributed by atoms with Crippen LogP contribution in [0.3, 0.4) is 0 Å². The zero-order valence-corrected chi connectivity index (χ0v) is 10.9. The van der Waals surface area contributed by atoms with Crippen molar-refractivity contribution >= 4 is 5.91 Å². The van der Waals surface area contributed by atoms with Gasteiger partial charge in [0.15, 0.2) is 5.69 Å². The van der Waals surface area contributed by atoms with Gasteiger partial charge < -0.3 is 15.5 Å². The highest BCUT2D eigenvalue weighted by atomic mass is 16.3. The summed E-state index contributed by atoms with van der Waals surface area (Å²) in [6.07, 6.45) is 2.25. The van der Waals surface area contributed by atoms with Crippen LogP contribution < -0.4 is 11.1 Å². The molecule has 0 saturated carbocycles. The van der Waals surface area contributed by atoms with Crippen LogP contribution >= 0.6 is 0 Å². The number of nitrogens with one attached hydrogen (secondary N) is 1. The molecule has 0 aliphatic rings. The van der Waals surface area contributed by atoms with Gasteiger partial charge in [-0.1, -0.05) is 20.8 Å². The Morgan fingerprint density at radius 1 is 1.59 bits per heavy atom. The lowest BCUT2D eigenvalue weighted by atomic mass is 9.92. The fourth-order valence-electron chi connectivity index (χ4n) is 1.24. The first-order valence-corrected chi connectivity index (χ1v) is 5.79. The van der Waals surface area contributed by atoms with E-state index in [1.54, 1.807) is 6.92 Å². The third-order valence-electron chi connectivity index (χ3n) is 2.30. The largest absolute Gasteiger partial charge is 0.446 e. The fraction of sp³-hybridized carbons (Fsp3) is 0.667. The molecule has 0 saturated heterocycles. The van der Waals surface area contributed by atoms with Crippen molar-refractivity contribution in [3.63, 3.8) is 0 Å². The minimum atomic E-state index is -0.300. The van der Waals surface area contributed by atoms with Gasteiger partial charge in [-0.3, -0.25) is 4.79 Å². The lowest BCUT2D eigenvalue weighted by molar-refractivity contribution is 0.0944. The summed E-state index contributed by atoms with van der Waals surface area (Å²) in [5, 5.41) is 2.81. The molecule has 0 aromatic carbocycles. The molecule has 1 unspecified atom stereocenters. The SMILES string of the molecule is CC(N)c1nc(C(=O)NCCC(C)(C)C)co1. The molecular weight excluding hydrogens is 218 g/mol. The smallest absolute Gasteiger partial charge is 0.273 e. The molecule has 1 atom stereocenters. The van der Waals surface area contributed by atoms with Crippen LogP contribution in [0, 0.1) is 5.41 Å². The molecule has 0 aliphatic heterocycles. The Kier molecular flexibility index (Phi) is 4.28. The summed E-state index contributed by atoms with van der Waals surface area (Å²) in [7, 11) is 0. The summed E-state index contributed by atoms with van der Waals surface area (Å²) < 4.78 is 5.10. The average Bonchev–Trinajstić information content (AvgIpc) is 2.63. The first kappa shape index (κ1) is 13.7. The van der Waals surface area contributed by atoms with Gasteiger partial charge in [0.05, 0.1) is 6.04 Å². The van der Waals surface area contributed by atoms with E-state index in [2.05, 4.69) is 31.1 Å². The summed E-state index contributed by atoms with van der Waals surface area (Å²) in [6, 6.07) is -0.300. The molecule has 5 heteroatoms. The van der Waals surface area contributed by atoms with Gasteiger partial charge in [0.25, 0.3) is 5.91 Å². The number of oxazole rings is 1. The van der Waals surface area contributed by atoms with Crippen LogP contribution in [0.25, 0.3) is 0 Å². The van der Waals surface area contributed by atoms with Crippen LogP contribution in [-0.4, -0.2) is 17.4 Å². The normalized spacial score (nSPS) is 13.5. The maximum absolute atomic E-state index is 11.7. The second kappa shape index (κ2) is 5.31. The summed E-state index contributed by atoms with van der Waals surface area (Å²) in [6.45, 7) is 8.77. The van der Waals surface area contributed by atoms with Gasteiger partial charge in [-0.2, -0.15) is 0 Å². The minimum Gasteiger partial charge on any atom is -0.446 e. The lowest BCUT2D eigenvalue weighted by Crippen LogP contribution is -2.27. The molecule has 0 bridgehead atoms. The van der Waals surface area contributed by atoms with Gasteiger partial charge in [-0.05, 0) is 18.8 Å². The number of aromatic nitrogens is 1. The lowest BCUT2D eigenvalue weighted by Gasteiger charge is -2.17. The monoisotopic (exact) mass is 239 g/mol. The van der Waals surface area contributed by atoms with Crippen molar-refractivity contribution in [3.8, 4) is 0 Å². The number of nitrogens with two attached hydrogens (primary N) is 1. The van der Waals surface area contributed by atoms with Crippen molar-refractivity contribution in [2.75, 3.05) is 6.54 Å². The Labute approximate surface area is 102 Å². The van der Waals surface area contributed by atoms with Crippen molar-refractivity contribution in [2.45, 2.75) is 40.2 Å². The Balaban J connectivity index is 2.47. The van der Waals surface area contributed by atoms with E-state index in [1.807, 2.05) is 0 Å². The maximum Gasteiger partial charge on any atom is 0.273 e. The molecule has 0 radical (unpaired) electrons. The Morgan fingerprint density at radius 3 is 2.71 bits per heavy atom. The molecule has 0 fully saturated rings. The van der Waals surface area contributed by atoms with Crippen LogP contribution in [0.2, 0.25) is 0 Å². The second-order valence-corrected chi connectivity index (χ2v) is 5.43. The topological polar surface area (TPSA) is 81.1 Å². The number of hydrogen-bond acceptors (Lipinski definition) is 4. The van der Waals surface area contributed by atoms with E-state index in [1.165, 1.54) is 6.26 Å². The predicted molar refractivity (Wildman–Crippen MR) is 65.5 cm³/mol. The number of carbonyl (C=O) groups excluding carboxylic acids is 1. The van der Waals surface area contributed by atoms with Gasteiger partial charge in [-0.25, -0.2) is 4.98 Å². The first-order chi connectivity index (χ1) is 7.79. The van der Waals surface area contributed by atoms with E-state index in [-0.39, 0.29) is 23.1 Å². The van der Waals surface area contributed by atoms with Gasteiger partial charge in [-0.15, -0.1) is 0 Å². The molecule has 1 amide bonds. The zero-order valence-electron chi connectivity index (χ0n) is 10.9. The van der Waals surface area contributed by atoms with E-state index in [0.717, 1.165) is 6.42 Å². The molecule has 3 N–H and O–H groups in total. The van der Waals surface area contributed by atoms with E-state index >= 15 is 0 Å². The second-order valence-electron chi connectivity index (χ2n) is 5.43. The van der Waals surface area contributed by atoms with Crippen molar-refractivity contribution in [2.24, 2.45) is 11.1 Å². The van der Waals surface area contributed by atoms with Crippen LogP contribution in [-0.2, 0) is 0 Å². The van der Waals surface area contributed by atoms with Gasteiger partial charge >= 0.3 is 0 Å². The molecule has 1 aromatic heterocycles. The van der Waals surface area contributed by atoms with Crippen LogP contribution in [0.1, 0.15) is 56.5 Å². The van der Waals surface area contributed by atoms with Crippen molar-refractivity contribution < 1.29 is 9.21 Å². The Bertz CT molecular complexity index is 377. The summed E-state index contributed by atoms with van der Waals surface area (Å²) in [4.78, 5) is 15.7. The summed E-state index contributed by atoms with van der Waals surface area (Å²) in [5.74, 6) is 0.163. The molecule has 0 spiro atoms. The molecule has 17 heavy (non-hydrogen) atoms. The molecule has 0 aliphatic carbocycles. The molecular formula is C12H21N3O2. The third kappa shape index (κ3) is 4.56. The minimum absolute atomic E-state index is 0.202. The number of hydrogen-bond donors (Lipinski definition) is 2. The van der Waals surface area contributed by atoms with E-state index in [9.17, 15) is 4.79 Å². The van der Waals surface area contributed by atoms with Gasteiger partial charge in [0.2, 0.25) is 5.89 Å². The van der Waals surface area contributed by atoms with E-state index < -0.39 is 0 Å². The fourth-order valence-corrected chi connectivity index (χ4v) is 1.24. The highest BCUT2D eigenvalue weighted by molar-refractivity contribution is 5.91. The van der Waals surface area contributed by atoms with Gasteiger partial charge in [0, 0.05) is 6.54 Å². The highest BCUT2D eigenvalue weighted by Gasteiger charge is 2.15. The van der Waals surface area contributed by atoms with E-state index in [4.69, 9.17) is 10.2 Å². The molecule has 5 nitrogen and oxygen atoms in total. The first-order valence-electron chi connectivity index (χ1n) is 5.79. The Morgan fingerprint density at radius 2 is 2.24 bits per heavy atom. The van der Waals surface area contributed by atoms with E-state index in [0.29, 0.717) is 12.4 Å². The van der Waals surface area contributed by atoms with Gasteiger partial charge in [0.1, 0.15) is 6.26 Å². The summed E-state index contributed by atoms with van der Waals surface area (Å²) in [5.41, 5.74) is 6.08. The number of carbonyl (C=O) groups is 1. The quantitative estimate of drug-likeness (QED) is 0.840. The van der Waals surface area contributed by atoms with Crippen LogP contribution in [0.15, 0.2) is 10.7 Å². The molecule has 1 heterocycles. The maximum atomic E-state index is 11.7. The number of amides is 1. The highest BCUT2D eigenvalue weighted by Crippen LogP contribution is 2.17. The zero-order chi connectivity index (χ0) is 13.1. The standard InChI is InChI=1S/C12H21N3O2/c1-8(13)11-15-9(7-17-11)10(16)14-6-5-12(2,3)4/h7-8H,5-6,13H2,1-4H3,(H,14,16). The molecule has 96 valence electrons. The van der Waals surface area contributed by atoms with Crippen molar-refractivity contribution in [1.29, 1.82) is 0 Å².